The number of hydrogen-bond acceptors (Lipinski definition) is 3. The van der Waals surface area contributed by atoms with Crippen LogP contribution in [0.3, 0.4) is 0 Å². The first-order valence-electron chi connectivity index (χ1n) is 8.26. The molecule has 4 nitrogen and oxygen atoms in total. The van der Waals surface area contributed by atoms with Crippen LogP contribution in [-0.4, -0.2) is 12.5 Å². The lowest BCUT2D eigenvalue weighted by Crippen LogP contribution is -2.22. The Bertz CT molecular complexity index is 869. The predicted molar refractivity (Wildman–Crippen MR) is 108 cm³/mol. The van der Waals surface area contributed by atoms with Gasteiger partial charge in [-0.15, -0.1) is 0 Å². The Kier molecular flexibility index (Phi) is 6.28. The highest BCUT2D eigenvalue weighted by Gasteiger charge is 2.08. The van der Waals surface area contributed by atoms with Gasteiger partial charge in [0.2, 0.25) is 5.91 Å². The van der Waals surface area contributed by atoms with Crippen molar-refractivity contribution >= 4 is 33.2 Å². The number of rotatable bonds is 7. The van der Waals surface area contributed by atoms with Gasteiger partial charge in [0.25, 0.3) is 0 Å². The first-order valence-corrected chi connectivity index (χ1v) is 9.05. The summed E-state index contributed by atoms with van der Waals surface area (Å²) in [6, 6.07) is 25.1. The Morgan fingerprint density at radius 2 is 1.50 bits per heavy atom. The third-order valence-corrected chi connectivity index (χ3v) is 4.40. The van der Waals surface area contributed by atoms with E-state index < -0.39 is 0 Å². The van der Waals surface area contributed by atoms with Gasteiger partial charge in [-0.2, -0.15) is 0 Å². The molecule has 26 heavy (non-hydrogen) atoms. The van der Waals surface area contributed by atoms with Crippen molar-refractivity contribution in [3.8, 4) is 5.75 Å². The molecule has 0 unspecified atom stereocenters. The lowest BCUT2D eigenvalue weighted by atomic mass is 10.2. The van der Waals surface area contributed by atoms with Gasteiger partial charge in [-0.1, -0.05) is 54.6 Å². The molecular formula is C21H19BrN2O2. The van der Waals surface area contributed by atoms with Crippen molar-refractivity contribution in [1.82, 2.24) is 0 Å². The van der Waals surface area contributed by atoms with Crippen molar-refractivity contribution in [3.05, 3.63) is 88.9 Å². The number of amides is 1. The predicted octanol–water partition coefficient (Wildman–Crippen LogP) is 5.08. The van der Waals surface area contributed by atoms with Crippen molar-refractivity contribution in [2.45, 2.75) is 6.61 Å². The normalized spacial score (nSPS) is 10.2. The Morgan fingerprint density at radius 1 is 0.846 bits per heavy atom. The van der Waals surface area contributed by atoms with Crippen LogP contribution in [0.25, 0.3) is 0 Å². The average molecular weight is 411 g/mol. The quantitative estimate of drug-likeness (QED) is 0.570. The summed E-state index contributed by atoms with van der Waals surface area (Å²) in [5, 5.41) is 6.01. The van der Waals surface area contributed by atoms with E-state index in [1.165, 1.54) is 0 Å². The van der Waals surface area contributed by atoms with Crippen LogP contribution in [0.2, 0.25) is 0 Å². The van der Waals surface area contributed by atoms with Gasteiger partial charge in [0.1, 0.15) is 12.4 Å². The summed E-state index contributed by atoms with van der Waals surface area (Å²) in [7, 11) is 0. The van der Waals surface area contributed by atoms with Crippen LogP contribution in [-0.2, 0) is 11.4 Å². The summed E-state index contributed by atoms with van der Waals surface area (Å²) in [5.74, 6) is 0.583. The maximum absolute atomic E-state index is 12.2. The molecule has 0 aliphatic carbocycles. The second-order valence-corrected chi connectivity index (χ2v) is 6.51. The third-order valence-electron chi connectivity index (χ3n) is 3.71. The maximum atomic E-state index is 12.2. The van der Waals surface area contributed by atoms with Crippen molar-refractivity contribution in [2.75, 3.05) is 17.2 Å². The maximum Gasteiger partial charge on any atom is 0.243 e. The van der Waals surface area contributed by atoms with E-state index >= 15 is 0 Å². The lowest BCUT2D eigenvalue weighted by Gasteiger charge is -2.13. The van der Waals surface area contributed by atoms with Crippen molar-refractivity contribution < 1.29 is 9.53 Å². The molecule has 0 spiro atoms. The highest BCUT2D eigenvalue weighted by atomic mass is 79.9. The van der Waals surface area contributed by atoms with Crippen LogP contribution in [0.1, 0.15) is 5.56 Å². The van der Waals surface area contributed by atoms with E-state index in [1.807, 2.05) is 78.9 Å². The average Bonchev–Trinajstić information content (AvgIpc) is 2.68. The summed E-state index contributed by atoms with van der Waals surface area (Å²) >= 11 is 3.42. The topological polar surface area (TPSA) is 50.4 Å². The summed E-state index contributed by atoms with van der Waals surface area (Å²) < 4.78 is 6.74. The molecular weight excluding hydrogens is 392 g/mol. The number of carbonyl (C=O) groups excluding carboxylic acids is 1. The smallest absolute Gasteiger partial charge is 0.243 e. The monoisotopic (exact) mass is 410 g/mol. The van der Waals surface area contributed by atoms with Crippen LogP contribution < -0.4 is 15.4 Å². The summed E-state index contributed by atoms with van der Waals surface area (Å²) in [6.07, 6.45) is 0. The van der Waals surface area contributed by atoms with E-state index in [0.29, 0.717) is 12.4 Å². The highest BCUT2D eigenvalue weighted by molar-refractivity contribution is 9.10. The minimum absolute atomic E-state index is 0.130. The second kappa shape index (κ2) is 9.06. The van der Waals surface area contributed by atoms with Gasteiger partial charge in [0.05, 0.1) is 17.9 Å². The van der Waals surface area contributed by atoms with E-state index in [2.05, 4.69) is 26.6 Å². The molecule has 5 heteroatoms. The molecule has 1 amide bonds. The molecule has 132 valence electrons. The molecule has 3 aromatic rings. The van der Waals surface area contributed by atoms with Gasteiger partial charge in [0, 0.05) is 4.47 Å². The number of halogens is 1. The van der Waals surface area contributed by atoms with E-state index in [-0.39, 0.29) is 12.5 Å². The van der Waals surface area contributed by atoms with Crippen LogP contribution >= 0.6 is 15.9 Å². The molecule has 3 aromatic carbocycles. The van der Waals surface area contributed by atoms with Gasteiger partial charge >= 0.3 is 0 Å². The van der Waals surface area contributed by atoms with Crippen LogP contribution in [0.5, 0.6) is 5.75 Å². The Balaban J connectivity index is 1.58. The van der Waals surface area contributed by atoms with Crippen molar-refractivity contribution in [1.29, 1.82) is 0 Å². The lowest BCUT2D eigenvalue weighted by molar-refractivity contribution is -0.114. The standard InChI is InChI=1S/C21H19BrN2O2/c22-17-10-4-5-11-18(17)24-21(25)14-23-19-12-6-7-13-20(19)26-15-16-8-2-1-3-9-16/h1-13,23H,14-15H2,(H,24,25). The SMILES string of the molecule is O=C(CNc1ccccc1OCc1ccccc1)Nc1ccccc1Br. The largest absolute Gasteiger partial charge is 0.487 e. The summed E-state index contributed by atoms with van der Waals surface area (Å²) in [6.45, 7) is 0.621. The number of nitrogens with one attached hydrogen (secondary N) is 2. The third kappa shape index (κ3) is 5.10. The molecule has 0 aliphatic rings. The number of hydrogen-bond donors (Lipinski definition) is 2. The van der Waals surface area contributed by atoms with Gasteiger partial charge < -0.3 is 15.4 Å². The van der Waals surface area contributed by atoms with Crippen LogP contribution in [0.15, 0.2) is 83.3 Å². The molecule has 0 aromatic heterocycles. The fraction of sp³-hybridized carbons (Fsp3) is 0.0952. The van der Waals surface area contributed by atoms with E-state index in [4.69, 9.17) is 4.74 Å². The molecule has 0 heterocycles. The fourth-order valence-electron chi connectivity index (χ4n) is 2.41. The number of benzene rings is 3. The van der Waals surface area contributed by atoms with Crippen LogP contribution in [0, 0.1) is 0 Å². The first kappa shape index (κ1) is 18.0. The van der Waals surface area contributed by atoms with Crippen molar-refractivity contribution in [3.63, 3.8) is 0 Å². The molecule has 0 atom stereocenters. The second-order valence-electron chi connectivity index (χ2n) is 5.65. The number of ether oxygens (including phenoxy) is 1. The van der Waals surface area contributed by atoms with Gasteiger partial charge in [-0.3, -0.25) is 4.79 Å². The number of anilines is 2. The van der Waals surface area contributed by atoms with E-state index in [9.17, 15) is 4.79 Å². The van der Waals surface area contributed by atoms with E-state index in [0.717, 1.165) is 21.4 Å². The Morgan fingerprint density at radius 3 is 2.27 bits per heavy atom. The zero-order chi connectivity index (χ0) is 18.2. The minimum Gasteiger partial charge on any atom is -0.487 e. The Hall–Kier alpha value is -2.79. The van der Waals surface area contributed by atoms with Gasteiger partial charge in [-0.25, -0.2) is 0 Å². The molecule has 0 bridgehead atoms. The van der Waals surface area contributed by atoms with Gasteiger partial charge in [-0.05, 0) is 45.8 Å². The molecule has 0 radical (unpaired) electrons. The zero-order valence-corrected chi connectivity index (χ0v) is 15.7. The number of carbonyl (C=O) groups is 1. The minimum atomic E-state index is -0.130. The molecule has 0 fully saturated rings. The molecule has 0 saturated carbocycles. The fourth-order valence-corrected chi connectivity index (χ4v) is 2.79. The van der Waals surface area contributed by atoms with Crippen LogP contribution in [0.4, 0.5) is 11.4 Å². The summed E-state index contributed by atoms with van der Waals surface area (Å²) in [5.41, 5.74) is 2.62. The molecule has 0 aliphatic heterocycles. The Labute approximate surface area is 161 Å². The highest BCUT2D eigenvalue weighted by Crippen LogP contribution is 2.25. The first-order chi connectivity index (χ1) is 12.7. The number of para-hydroxylation sites is 3. The van der Waals surface area contributed by atoms with Crippen molar-refractivity contribution in [2.24, 2.45) is 0 Å². The van der Waals surface area contributed by atoms with Gasteiger partial charge in [0.15, 0.2) is 0 Å². The summed E-state index contributed by atoms with van der Waals surface area (Å²) in [4.78, 5) is 12.2. The molecule has 2 N–H and O–H groups in total. The van der Waals surface area contributed by atoms with E-state index in [1.54, 1.807) is 0 Å². The zero-order valence-electron chi connectivity index (χ0n) is 14.1. The molecule has 0 saturated heterocycles. The molecule has 3 rings (SSSR count).